The van der Waals surface area contributed by atoms with Crippen LogP contribution in [-0.4, -0.2) is 106 Å². The van der Waals surface area contributed by atoms with Gasteiger partial charge in [0.1, 0.15) is 0 Å². The van der Waals surface area contributed by atoms with Crippen molar-refractivity contribution < 1.29 is 8.42 Å². The number of piperazine rings is 1. The number of hydrogen-bond donors (Lipinski definition) is 0. The Morgan fingerprint density at radius 2 is 1.64 bits per heavy atom. The monoisotopic (exact) mass is 334 g/mol. The second kappa shape index (κ2) is 9.17. The molecule has 1 aliphatic rings. The van der Waals surface area contributed by atoms with Crippen LogP contribution in [0.5, 0.6) is 0 Å². The van der Waals surface area contributed by atoms with E-state index in [1.807, 2.05) is 0 Å². The summed E-state index contributed by atoms with van der Waals surface area (Å²) < 4.78 is 24.5. The van der Waals surface area contributed by atoms with Crippen LogP contribution in [-0.2, 0) is 10.0 Å². The maximum absolute atomic E-state index is 11.5. The first-order valence-corrected chi connectivity index (χ1v) is 10.1. The molecule has 1 unspecified atom stereocenters. The van der Waals surface area contributed by atoms with Crippen molar-refractivity contribution in [2.45, 2.75) is 26.3 Å². The van der Waals surface area contributed by atoms with Crippen molar-refractivity contribution in [3.05, 3.63) is 0 Å². The van der Waals surface area contributed by atoms with Gasteiger partial charge in [-0.3, -0.25) is 4.90 Å². The summed E-state index contributed by atoms with van der Waals surface area (Å²) >= 11 is 0. The van der Waals surface area contributed by atoms with E-state index in [-0.39, 0.29) is 0 Å². The normalized spacial score (nSPS) is 20.0. The van der Waals surface area contributed by atoms with E-state index in [0.29, 0.717) is 19.1 Å². The summed E-state index contributed by atoms with van der Waals surface area (Å²) in [5.74, 6) is 0. The number of nitrogens with zero attached hydrogens (tertiary/aromatic N) is 4. The van der Waals surface area contributed by atoms with E-state index < -0.39 is 10.0 Å². The number of likely N-dealkylation sites (N-methyl/N-ethyl adjacent to an activating group) is 2. The third kappa shape index (κ3) is 6.91. The lowest BCUT2D eigenvalue weighted by molar-refractivity contribution is 0.158. The molecular formula is C15H34N4O2S. The number of hydrogen-bond acceptors (Lipinski definition) is 5. The predicted octanol–water partition coefficient (Wildman–Crippen LogP) is 0.226. The highest BCUT2D eigenvalue weighted by atomic mass is 32.2. The fourth-order valence-electron chi connectivity index (χ4n) is 2.57. The lowest BCUT2D eigenvalue weighted by atomic mass is 10.2. The minimum atomic E-state index is -3.02. The van der Waals surface area contributed by atoms with Crippen molar-refractivity contribution >= 4 is 10.0 Å². The van der Waals surface area contributed by atoms with Crippen LogP contribution in [0.3, 0.4) is 0 Å². The summed E-state index contributed by atoms with van der Waals surface area (Å²) in [5, 5.41) is 0. The van der Waals surface area contributed by atoms with E-state index >= 15 is 0 Å². The van der Waals surface area contributed by atoms with Crippen LogP contribution >= 0.6 is 0 Å². The molecule has 7 heteroatoms. The molecule has 1 aliphatic heterocycles. The molecule has 1 heterocycles. The van der Waals surface area contributed by atoms with Gasteiger partial charge in [0.25, 0.3) is 0 Å². The third-order valence-electron chi connectivity index (χ3n) is 4.78. The molecule has 6 nitrogen and oxygen atoms in total. The molecule has 0 spiro atoms. The minimum absolute atomic E-state index is 0.624. The third-order valence-corrected chi connectivity index (χ3v) is 6.08. The first-order chi connectivity index (χ1) is 10.2. The van der Waals surface area contributed by atoms with Crippen molar-refractivity contribution in [3.63, 3.8) is 0 Å². The van der Waals surface area contributed by atoms with Crippen molar-refractivity contribution in [3.8, 4) is 0 Å². The molecule has 0 amide bonds. The van der Waals surface area contributed by atoms with Gasteiger partial charge >= 0.3 is 0 Å². The fourth-order valence-corrected chi connectivity index (χ4v) is 3.40. The summed E-state index contributed by atoms with van der Waals surface area (Å²) in [6.45, 7) is 11.6. The highest BCUT2D eigenvalue weighted by Crippen LogP contribution is 2.06. The molecule has 0 N–H and O–H groups in total. The summed E-state index contributed by atoms with van der Waals surface area (Å²) in [6, 6.07) is 0.637. The van der Waals surface area contributed by atoms with E-state index in [4.69, 9.17) is 0 Å². The highest BCUT2D eigenvalue weighted by Gasteiger charge is 2.23. The second-order valence-electron chi connectivity index (χ2n) is 6.54. The standard InChI is InChI=1S/C15H34N4O2S/c1-6-15(2)17(4)9-7-16(3)8-10-18-11-13-19(14-12-18)22(5,20)21/h15H,6-14H2,1-5H3. The SMILES string of the molecule is CCC(C)N(C)CCN(C)CCN1CCN(S(C)(=O)=O)CC1. The van der Waals surface area contributed by atoms with Crippen LogP contribution in [0.15, 0.2) is 0 Å². The van der Waals surface area contributed by atoms with Crippen molar-refractivity contribution in [1.29, 1.82) is 0 Å². The van der Waals surface area contributed by atoms with Crippen LogP contribution in [0.2, 0.25) is 0 Å². The Labute approximate surface area is 137 Å². The zero-order valence-electron chi connectivity index (χ0n) is 15.0. The van der Waals surface area contributed by atoms with Crippen LogP contribution in [0.1, 0.15) is 20.3 Å². The van der Waals surface area contributed by atoms with Gasteiger partial charge in [-0.05, 0) is 27.4 Å². The topological polar surface area (TPSA) is 47.1 Å². The molecule has 0 aromatic heterocycles. The quantitative estimate of drug-likeness (QED) is 0.604. The molecule has 0 radical (unpaired) electrons. The first kappa shape index (κ1) is 19.8. The Hall–Kier alpha value is -0.210. The fraction of sp³-hybridized carbons (Fsp3) is 1.00. The Morgan fingerprint density at radius 1 is 1.05 bits per heavy atom. The van der Waals surface area contributed by atoms with E-state index in [2.05, 4.69) is 42.6 Å². The summed E-state index contributed by atoms with van der Waals surface area (Å²) in [5.41, 5.74) is 0. The molecule has 1 fully saturated rings. The van der Waals surface area contributed by atoms with Gasteiger partial charge in [-0.15, -0.1) is 0 Å². The molecule has 1 rings (SSSR count). The molecule has 132 valence electrons. The van der Waals surface area contributed by atoms with Gasteiger partial charge in [-0.25, -0.2) is 8.42 Å². The van der Waals surface area contributed by atoms with Gasteiger partial charge in [0.2, 0.25) is 10.0 Å². The molecule has 0 saturated carbocycles. The average Bonchev–Trinajstić information content (AvgIpc) is 2.49. The van der Waals surface area contributed by atoms with Gasteiger partial charge in [0, 0.05) is 58.4 Å². The Balaban J connectivity index is 2.19. The Kier molecular flexibility index (Phi) is 8.27. The molecule has 22 heavy (non-hydrogen) atoms. The highest BCUT2D eigenvalue weighted by molar-refractivity contribution is 7.88. The minimum Gasteiger partial charge on any atom is -0.304 e. The van der Waals surface area contributed by atoms with Crippen LogP contribution in [0, 0.1) is 0 Å². The first-order valence-electron chi connectivity index (χ1n) is 8.30. The lowest BCUT2D eigenvalue weighted by Gasteiger charge is -2.34. The number of sulfonamides is 1. The molecule has 0 bridgehead atoms. The van der Waals surface area contributed by atoms with Gasteiger partial charge in [-0.1, -0.05) is 6.92 Å². The Bertz CT molecular complexity index is 408. The zero-order valence-corrected chi connectivity index (χ0v) is 15.8. The predicted molar refractivity (Wildman–Crippen MR) is 92.7 cm³/mol. The lowest BCUT2D eigenvalue weighted by Crippen LogP contribution is -2.50. The average molecular weight is 335 g/mol. The summed E-state index contributed by atoms with van der Waals surface area (Å²) in [6.07, 6.45) is 2.48. The van der Waals surface area contributed by atoms with E-state index in [1.54, 1.807) is 4.31 Å². The van der Waals surface area contributed by atoms with Crippen LogP contribution in [0.4, 0.5) is 0 Å². The molecular weight excluding hydrogens is 300 g/mol. The van der Waals surface area contributed by atoms with E-state index in [1.165, 1.54) is 12.7 Å². The van der Waals surface area contributed by atoms with Crippen molar-refractivity contribution in [1.82, 2.24) is 19.0 Å². The maximum Gasteiger partial charge on any atom is 0.211 e. The van der Waals surface area contributed by atoms with Crippen molar-refractivity contribution in [2.75, 3.05) is 72.7 Å². The summed E-state index contributed by atoms with van der Waals surface area (Å²) in [4.78, 5) is 7.12. The second-order valence-corrected chi connectivity index (χ2v) is 8.53. The van der Waals surface area contributed by atoms with Crippen LogP contribution in [0.25, 0.3) is 0 Å². The molecule has 0 aromatic carbocycles. The molecule has 1 saturated heterocycles. The van der Waals surface area contributed by atoms with Gasteiger partial charge < -0.3 is 9.80 Å². The number of rotatable bonds is 9. The zero-order chi connectivity index (χ0) is 16.8. The smallest absolute Gasteiger partial charge is 0.211 e. The van der Waals surface area contributed by atoms with Gasteiger partial charge in [0.05, 0.1) is 6.26 Å². The molecule has 0 aliphatic carbocycles. The Morgan fingerprint density at radius 3 is 2.14 bits per heavy atom. The van der Waals surface area contributed by atoms with E-state index in [9.17, 15) is 8.42 Å². The van der Waals surface area contributed by atoms with Gasteiger partial charge in [0.15, 0.2) is 0 Å². The molecule has 1 atom stereocenters. The van der Waals surface area contributed by atoms with Crippen LogP contribution < -0.4 is 0 Å². The maximum atomic E-state index is 11.5. The molecule has 0 aromatic rings. The van der Waals surface area contributed by atoms with E-state index in [0.717, 1.165) is 39.3 Å². The summed E-state index contributed by atoms with van der Waals surface area (Å²) in [7, 11) is 1.33. The van der Waals surface area contributed by atoms with Gasteiger partial charge in [-0.2, -0.15) is 4.31 Å². The largest absolute Gasteiger partial charge is 0.304 e. The van der Waals surface area contributed by atoms with Crippen molar-refractivity contribution in [2.24, 2.45) is 0 Å².